The molecule has 0 unspecified atom stereocenters. The van der Waals surface area contributed by atoms with Crippen LogP contribution < -0.4 is 0 Å². The molecule has 0 radical (unpaired) electrons. The first-order chi connectivity index (χ1) is 12.7. The number of likely N-dealkylation sites (tertiary alicyclic amines) is 1. The van der Waals surface area contributed by atoms with Gasteiger partial charge < -0.3 is 4.90 Å². The predicted molar refractivity (Wildman–Crippen MR) is 110 cm³/mol. The van der Waals surface area contributed by atoms with Crippen molar-refractivity contribution in [2.24, 2.45) is 0 Å². The maximum Gasteiger partial charge on any atom is 0.235 e. The van der Waals surface area contributed by atoms with Crippen LogP contribution in [0.25, 0.3) is 10.2 Å². The lowest BCUT2D eigenvalue weighted by atomic mass is 9.98. The fraction of sp³-hybridized carbons (Fsp3) is 0.333. The number of amides is 1. The van der Waals surface area contributed by atoms with E-state index in [-0.39, 0.29) is 11.2 Å². The van der Waals surface area contributed by atoms with Crippen molar-refractivity contribution in [2.75, 3.05) is 13.1 Å². The van der Waals surface area contributed by atoms with Crippen LogP contribution in [0.4, 0.5) is 0 Å². The number of carbonyl (C=O) groups is 1. The largest absolute Gasteiger partial charge is 0.341 e. The molecule has 3 aromatic rings. The summed E-state index contributed by atoms with van der Waals surface area (Å²) in [5, 5.41) is 1.11. The van der Waals surface area contributed by atoms with E-state index in [1.807, 2.05) is 36.1 Å². The van der Waals surface area contributed by atoms with Gasteiger partial charge in [-0.3, -0.25) is 4.79 Å². The molecule has 3 nitrogen and oxygen atoms in total. The lowest BCUT2D eigenvalue weighted by Gasteiger charge is -2.33. The highest BCUT2D eigenvalue weighted by atomic mass is 32.2. The fourth-order valence-electron chi connectivity index (χ4n) is 3.45. The minimum absolute atomic E-state index is 0.0634. The van der Waals surface area contributed by atoms with Gasteiger partial charge in [0.2, 0.25) is 5.91 Å². The number of rotatable bonds is 4. The van der Waals surface area contributed by atoms with Crippen LogP contribution in [0.1, 0.15) is 30.7 Å². The smallest absolute Gasteiger partial charge is 0.235 e. The van der Waals surface area contributed by atoms with Crippen LogP contribution in [0.5, 0.6) is 0 Å². The second kappa shape index (κ2) is 7.80. The first-order valence-corrected chi connectivity index (χ1v) is 10.8. The van der Waals surface area contributed by atoms with Gasteiger partial charge >= 0.3 is 0 Å². The Bertz CT molecular complexity index is 860. The molecule has 1 aromatic heterocycles. The van der Waals surface area contributed by atoms with E-state index < -0.39 is 0 Å². The van der Waals surface area contributed by atoms with Crippen molar-refractivity contribution >= 4 is 39.2 Å². The summed E-state index contributed by atoms with van der Waals surface area (Å²) < 4.78 is 1.24. The average molecular weight is 383 g/mol. The number of para-hydroxylation sites is 1. The van der Waals surface area contributed by atoms with Gasteiger partial charge in [-0.2, -0.15) is 0 Å². The molecule has 5 heteroatoms. The highest BCUT2D eigenvalue weighted by Gasteiger charge is 2.29. The van der Waals surface area contributed by atoms with Crippen molar-refractivity contribution in [1.82, 2.24) is 9.88 Å². The van der Waals surface area contributed by atoms with Crippen LogP contribution >= 0.6 is 23.1 Å². The van der Waals surface area contributed by atoms with Crippen molar-refractivity contribution in [3.05, 3.63) is 59.6 Å². The Labute approximate surface area is 162 Å². The van der Waals surface area contributed by atoms with Gasteiger partial charge in [-0.25, -0.2) is 4.98 Å². The highest BCUT2D eigenvalue weighted by molar-refractivity contribution is 8.00. The van der Waals surface area contributed by atoms with Crippen LogP contribution in [0, 0.1) is 0 Å². The highest BCUT2D eigenvalue weighted by Crippen LogP contribution is 2.34. The van der Waals surface area contributed by atoms with E-state index in [9.17, 15) is 4.79 Å². The lowest BCUT2D eigenvalue weighted by Crippen LogP contribution is -2.42. The van der Waals surface area contributed by atoms with Crippen molar-refractivity contribution < 1.29 is 4.79 Å². The Morgan fingerprint density at radius 1 is 1.19 bits per heavy atom. The van der Waals surface area contributed by atoms with Gasteiger partial charge in [0, 0.05) is 23.9 Å². The van der Waals surface area contributed by atoms with Crippen LogP contribution in [0.15, 0.2) is 59.5 Å². The first-order valence-electron chi connectivity index (χ1n) is 9.06. The summed E-state index contributed by atoms with van der Waals surface area (Å²) in [5.74, 6) is 0.601. The molecule has 1 saturated heterocycles. The summed E-state index contributed by atoms with van der Waals surface area (Å²) in [6.45, 7) is 3.67. The molecule has 0 spiro atoms. The van der Waals surface area contributed by atoms with Crippen molar-refractivity contribution in [3.8, 4) is 0 Å². The summed E-state index contributed by atoms with van der Waals surface area (Å²) in [4.78, 5) is 20.9. The van der Waals surface area contributed by atoms with Gasteiger partial charge in [0.05, 0.1) is 20.5 Å². The number of nitrogens with zero attached hydrogens (tertiary/aromatic N) is 2. The Hall–Kier alpha value is -1.85. The second-order valence-corrected chi connectivity index (χ2v) is 9.19. The molecule has 4 rings (SSSR count). The molecule has 0 saturated carbocycles. The number of carbonyl (C=O) groups excluding carboxylic acids is 1. The van der Waals surface area contributed by atoms with Crippen molar-refractivity contribution in [2.45, 2.75) is 35.8 Å². The van der Waals surface area contributed by atoms with E-state index in [0.29, 0.717) is 5.92 Å². The SMILES string of the molecule is C[C@H](Sc1ccccc1)C(=O)N1CCC[C@H](c2nc3ccccc3s2)C1. The zero-order valence-electron chi connectivity index (χ0n) is 14.8. The summed E-state index contributed by atoms with van der Waals surface area (Å²) in [5.41, 5.74) is 1.07. The molecular weight excluding hydrogens is 360 g/mol. The second-order valence-electron chi connectivity index (χ2n) is 6.72. The van der Waals surface area contributed by atoms with E-state index in [2.05, 4.69) is 30.3 Å². The Balaban J connectivity index is 1.44. The van der Waals surface area contributed by atoms with E-state index in [4.69, 9.17) is 4.98 Å². The number of piperidine rings is 1. The molecule has 1 fully saturated rings. The normalized spacial score (nSPS) is 18.8. The molecule has 26 heavy (non-hydrogen) atoms. The van der Waals surface area contributed by atoms with Gasteiger partial charge in [0.1, 0.15) is 0 Å². The predicted octanol–water partition coefficient (Wildman–Crippen LogP) is 5.18. The Morgan fingerprint density at radius 2 is 1.96 bits per heavy atom. The summed E-state index contributed by atoms with van der Waals surface area (Å²) in [7, 11) is 0. The summed E-state index contributed by atoms with van der Waals surface area (Å²) in [6, 6.07) is 18.5. The van der Waals surface area contributed by atoms with E-state index in [0.717, 1.165) is 36.3 Å². The molecule has 2 atom stereocenters. The molecule has 134 valence electrons. The molecule has 1 aliphatic rings. The Kier molecular flexibility index (Phi) is 5.27. The van der Waals surface area contributed by atoms with Gasteiger partial charge in [-0.05, 0) is 44.0 Å². The Morgan fingerprint density at radius 3 is 2.77 bits per heavy atom. The topological polar surface area (TPSA) is 33.2 Å². The molecule has 1 amide bonds. The maximum absolute atomic E-state index is 12.9. The maximum atomic E-state index is 12.9. The number of fused-ring (bicyclic) bond motifs is 1. The molecule has 0 bridgehead atoms. The number of hydrogen-bond donors (Lipinski definition) is 0. The number of hydrogen-bond acceptors (Lipinski definition) is 4. The van der Waals surface area contributed by atoms with Crippen LogP contribution in [-0.4, -0.2) is 34.1 Å². The third-order valence-corrected chi connectivity index (χ3v) is 7.09. The van der Waals surface area contributed by atoms with E-state index in [1.54, 1.807) is 23.1 Å². The van der Waals surface area contributed by atoms with E-state index in [1.165, 1.54) is 9.71 Å². The number of thiazole rings is 1. The standard InChI is InChI=1S/C21H22N2OS2/c1-15(25-17-9-3-2-4-10-17)21(24)23-13-7-8-16(14-23)20-22-18-11-5-6-12-19(18)26-20/h2-6,9-12,15-16H,7-8,13-14H2,1H3/t15-,16-/m0/s1. The third kappa shape index (κ3) is 3.79. The van der Waals surface area contributed by atoms with Gasteiger partial charge in [-0.1, -0.05) is 30.3 Å². The van der Waals surface area contributed by atoms with Gasteiger partial charge in [0.25, 0.3) is 0 Å². The minimum Gasteiger partial charge on any atom is -0.341 e. The van der Waals surface area contributed by atoms with Crippen LogP contribution in [0.3, 0.4) is 0 Å². The average Bonchev–Trinajstić information content (AvgIpc) is 3.12. The first kappa shape index (κ1) is 17.6. The monoisotopic (exact) mass is 382 g/mol. The fourth-order valence-corrected chi connectivity index (χ4v) is 5.52. The number of aromatic nitrogens is 1. The molecular formula is C21H22N2OS2. The molecule has 1 aliphatic heterocycles. The molecule has 0 aliphatic carbocycles. The molecule has 2 heterocycles. The van der Waals surface area contributed by atoms with Crippen LogP contribution in [-0.2, 0) is 4.79 Å². The number of benzene rings is 2. The van der Waals surface area contributed by atoms with Gasteiger partial charge in [0.15, 0.2) is 0 Å². The summed E-state index contributed by atoms with van der Waals surface area (Å²) >= 11 is 3.42. The molecule has 0 N–H and O–H groups in total. The quantitative estimate of drug-likeness (QED) is 0.583. The third-order valence-electron chi connectivity index (χ3n) is 4.80. The lowest BCUT2D eigenvalue weighted by molar-refractivity contribution is -0.131. The summed E-state index contributed by atoms with van der Waals surface area (Å²) in [6.07, 6.45) is 2.17. The van der Waals surface area contributed by atoms with E-state index >= 15 is 0 Å². The minimum atomic E-state index is -0.0634. The van der Waals surface area contributed by atoms with Gasteiger partial charge in [-0.15, -0.1) is 23.1 Å². The van der Waals surface area contributed by atoms with Crippen LogP contribution in [0.2, 0.25) is 0 Å². The zero-order valence-corrected chi connectivity index (χ0v) is 16.4. The zero-order chi connectivity index (χ0) is 17.9. The van der Waals surface area contributed by atoms with Crippen molar-refractivity contribution in [1.29, 1.82) is 0 Å². The van der Waals surface area contributed by atoms with Crippen molar-refractivity contribution in [3.63, 3.8) is 0 Å². The number of thioether (sulfide) groups is 1. The molecule has 2 aromatic carbocycles.